The van der Waals surface area contributed by atoms with Crippen molar-refractivity contribution in [2.75, 3.05) is 0 Å². The van der Waals surface area contributed by atoms with Gasteiger partial charge in [0.1, 0.15) is 12.4 Å². The number of H-pyrrole nitrogens is 1. The standard InChI is InChI=1S/C19H15ClN2O4/c20-13-7-5-12(6-8-13)16(23)9-10-18(24)26-11-17-21-15-4-2-1-3-14(15)19(25)22-17/h1-8H,9-11H2,(H,21,22,25). The summed E-state index contributed by atoms with van der Waals surface area (Å²) in [5, 5.41) is 1.01. The van der Waals surface area contributed by atoms with E-state index in [1.165, 1.54) is 0 Å². The highest BCUT2D eigenvalue weighted by molar-refractivity contribution is 6.30. The summed E-state index contributed by atoms with van der Waals surface area (Å²) >= 11 is 5.77. The fourth-order valence-corrected chi connectivity index (χ4v) is 2.55. The second-order valence-electron chi connectivity index (χ2n) is 5.62. The van der Waals surface area contributed by atoms with Crippen molar-refractivity contribution < 1.29 is 14.3 Å². The molecule has 1 aromatic heterocycles. The summed E-state index contributed by atoms with van der Waals surface area (Å²) in [4.78, 5) is 42.6. The molecule has 0 spiro atoms. The molecular formula is C19H15ClN2O4. The summed E-state index contributed by atoms with van der Waals surface area (Å²) in [7, 11) is 0. The van der Waals surface area contributed by atoms with Crippen LogP contribution in [0, 0.1) is 0 Å². The van der Waals surface area contributed by atoms with E-state index in [4.69, 9.17) is 16.3 Å². The number of halogens is 1. The highest BCUT2D eigenvalue weighted by atomic mass is 35.5. The van der Waals surface area contributed by atoms with Gasteiger partial charge in [-0.25, -0.2) is 4.98 Å². The lowest BCUT2D eigenvalue weighted by Gasteiger charge is -2.05. The maximum Gasteiger partial charge on any atom is 0.306 e. The van der Waals surface area contributed by atoms with Crippen LogP contribution < -0.4 is 5.56 Å². The van der Waals surface area contributed by atoms with Gasteiger partial charge in [0.15, 0.2) is 5.78 Å². The number of carbonyl (C=O) groups is 2. The van der Waals surface area contributed by atoms with Gasteiger partial charge in [-0.05, 0) is 36.4 Å². The van der Waals surface area contributed by atoms with Crippen molar-refractivity contribution in [3.63, 3.8) is 0 Å². The van der Waals surface area contributed by atoms with E-state index in [2.05, 4.69) is 9.97 Å². The van der Waals surface area contributed by atoms with Crippen LogP contribution in [0.25, 0.3) is 10.9 Å². The molecule has 1 N–H and O–H groups in total. The number of benzene rings is 2. The van der Waals surface area contributed by atoms with Crippen molar-refractivity contribution in [2.45, 2.75) is 19.4 Å². The lowest BCUT2D eigenvalue weighted by Crippen LogP contribution is -2.15. The van der Waals surface area contributed by atoms with Gasteiger partial charge in [-0.1, -0.05) is 23.7 Å². The largest absolute Gasteiger partial charge is 0.458 e. The number of Topliss-reactive ketones (excluding diaryl/α,β-unsaturated/α-hetero) is 1. The summed E-state index contributed by atoms with van der Waals surface area (Å²) in [6, 6.07) is 13.4. The van der Waals surface area contributed by atoms with Crippen LogP contribution in [0.15, 0.2) is 53.3 Å². The Morgan fingerprint density at radius 1 is 1.04 bits per heavy atom. The molecule has 2 aromatic carbocycles. The van der Waals surface area contributed by atoms with Crippen molar-refractivity contribution in [2.24, 2.45) is 0 Å². The van der Waals surface area contributed by atoms with Crippen molar-refractivity contribution in [3.05, 3.63) is 75.3 Å². The number of nitrogens with zero attached hydrogens (tertiary/aromatic N) is 1. The minimum Gasteiger partial charge on any atom is -0.458 e. The van der Waals surface area contributed by atoms with Crippen LogP contribution in [0.1, 0.15) is 29.0 Å². The third-order valence-corrected chi connectivity index (χ3v) is 4.01. The third-order valence-electron chi connectivity index (χ3n) is 3.75. The first-order valence-electron chi connectivity index (χ1n) is 7.95. The van der Waals surface area contributed by atoms with E-state index in [0.717, 1.165) is 0 Å². The predicted molar refractivity (Wildman–Crippen MR) is 97.2 cm³/mol. The Morgan fingerprint density at radius 2 is 1.77 bits per heavy atom. The number of ketones is 1. The zero-order chi connectivity index (χ0) is 18.5. The number of fused-ring (bicyclic) bond motifs is 1. The topological polar surface area (TPSA) is 89.1 Å². The average Bonchev–Trinajstić information content (AvgIpc) is 2.65. The van der Waals surface area contributed by atoms with E-state index in [-0.39, 0.29) is 36.6 Å². The number of carbonyl (C=O) groups excluding carboxylic acids is 2. The number of aromatic nitrogens is 2. The summed E-state index contributed by atoms with van der Waals surface area (Å²) in [5.74, 6) is -0.454. The van der Waals surface area contributed by atoms with Crippen LogP contribution in [-0.4, -0.2) is 21.7 Å². The quantitative estimate of drug-likeness (QED) is 0.531. The summed E-state index contributed by atoms with van der Waals surface area (Å²) in [5.41, 5.74) is 0.725. The van der Waals surface area contributed by atoms with Gasteiger partial charge in [-0.3, -0.25) is 14.4 Å². The van der Waals surface area contributed by atoms with E-state index in [1.54, 1.807) is 48.5 Å². The molecule has 3 aromatic rings. The number of esters is 1. The van der Waals surface area contributed by atoms with E-state index >= 15 is 0 Å². The lowest BCUT2D eigenvalue weighted by molar-refractivity contribution is -0.145. The Balaban J connectivity index is 1.55. The zero-order valence-electron chi connectivity index (χ0n) is 13.7. The van der Waals surface area contributed by atoms with Crippen molar-refractivity contribution in [1.82, 2.24) is 9.97 Å². The van der Waals surface area contributed by atoms with E-state index in [1.807, 2.05) is 0 Å². The normalized spacial score (nSPS) is 10.7. The van der Waals surface area contributed by atoms with Gasteiger partial charge >= 0.3 is 5.97 Å². The molecule has 0 radical (unpaired) electrons. The molecule has 0 fully saturated rings. The summed E-state index contributed by atoms with van der Waals surface area (Å²) in [6.45, 7) is -0.159. The second kappa shape index (κ2) is 7.93. The maximum absolute atomic E-state index is 12.0. The molecule has 132 valence electrons. The molecule has 0 aliphatic rings. The average molecular weight is 371 g/mol. The number of hydrogen-bond acceptors (Lipinski definition) is 5. The van der Waals surface area contributed by atoms with E-state index < -0.39 is 5.97 Å². The van der Waals surface area contributed by atoms with Gasteiger partial charge in [0.25, 0.3) is 5.56 Å². The minimum absolute atomic E-state index is 0.0299. The number of aromatic amines is 1. The fourth-order valence-electron chi connectivity index (χ4n) is 2.42. The number of nitrogens with one attached hydrogen (secondary N) is 1. The molecule has 0 saturated carbocycles. The third kappa shape index (κ3) is 4.34. The van der Waals surface area contributed by atoms with Gasteiger partial charge < -0.3 is 9.72 Å². The Kier molecular flexibility index (Phi) is 5.43. The Morgan fingerprint density at radius 3 is 2.54 bits per heavy atom. The van der Waals surface area contributed by atoms with Gasteiger partial charge in [0, 0.05) is 17.0 Å². The fraction of sp³-hybridized carbons (Fsp3) is 0.158. The predicted octanol–water partition coefficient (Wildman–Crippen LogP) is 3.28. The van der Waals surface area contributed by atoms with E-state index in [0.29, 0.717) is 21.5 Å². The molecule has 0 aliphatic heterocycles. The second-order valence-corrected chi connectivity index (χ2v) is 6.06. The van der Waals surface area contributed by atoms with Gasteiger partial charge in [-0.15, -0.1) is 0 Å². The number of para-hydroxylation sites is 1. The molecule has 26 heavy (non-hydrogen) atoms. The number of rotatable bonds is 6. The Bertz CT molecular complexity index is 1010. The van der Waals surface area contributed by atoms with Crippen LogP contribution in [-0.2, 0) is 16.1 Å². The Labute approximate surface area is 153 Å². The maximum atomic E-state index is 12.0. The molecule has 0 atom stereocenters. The molecule has 0 bridgehead atoms. The molecule has 0 unspecified atom stereocenters. The van der Waals surface area contributed by atoms with Crippen LogP contribution in [0.5, 0.6) is 0 Å². The van der Waals surface area contributed by atoms with Crippen molar-refractivity contribution in [1.29, 1.82) is 0 Å². The highest BCUT2D eigenvalue weighted by Crippen LogP contribution is 2.12. The highest BCUT2D eigenvalue weighted by Gasteiger charge is 2.11. The van der Waals surface area contributed by atoms with Crippen LogP contribution in [0.2, 0.25) is 5.02 Å². The summed E-state index contributed by atoms with van der Waals surface area (Å²) < 4.78 is 5.09. The van der Waals surface area contributed by atoms with Crippen molar-refractivity contribution >= 4 is 34.3 Å². The van der Waals surface area contributed by atoms with Crippen LogP contribution >= 0.6 is 11.6 Å². The lowest BCUT2D eigenvalue weighted by atomic mass is 10.1. The van der Waals surface area contributed by atoms with Crippen LogP contribution in [0.3, 0.4) is 0 Å². The molecule has 0 saturated heterocycles. The minimum atomic E-state index is -0.539. The molecule has 0 amide bonds. The first-order valence-corrected chi connectivity index (χ1v) is 8.33. The SMILES string of the molecule is O=C(CCC(=O)c1ccc(Cl)cc1)OCc1nc2ccccc2c(=O)[nH]1. The van der Waals surface area contributed by atoms with Crippen LogP contribution in [0.4, 0.5) is 0 Å². The number of ether oxygens (including phenoxy) is 1. The molecule has 0 aliphatic carbocycles. The Hall–Kier alpha value is -2.99. The van der Waals surface area contributed by atoms with Crippen molar-refractivity contribution in [3.8, 4) is 0 Å². The molecule has 1 heterocycles. The van der Waals surface area contributed by atoms with E-state index in [9.17, 15) is 14.4 Å². The van der Waals surface area contributed by atoms with Gasteiger partial charge in [0.05, 0.1) is 17.3 Å². The van der Waals surface area contributed by atoms with Gasteiger partial charge in [0.2, 0.25) is 0 Å². The smallest absolute Gasteiger partial charge is 0.306 e. The first kappa shape index (κ1) is 17.8. The molecule has 7 heteroatoms. The molecule has 6 nitrogen and oxygen atoms in total. The zero-order valence-corrected chi connectivity index (χ0v) is 14.5. The molecular weight excluding hydrogens is 356 g/mol. The monoisotopic (exact) mass is 370 g/mol. The first-order chi connectivity index (χ1) is 12.5. The van der Waals surface area contributed by atoms with Gasteiger partial charge in [-0.2, -0.15) is 0 Å². The number of hydrogen-bond donors (Lipinski definition) is 1. The molecule has 3 rings (SSSR count). The summed E-state index contributed by atoms with van der Waals surface area (Å²) in [6.07, 6.45) is -0.0264.